The average Bonchev–Trinajstić information content (AvgIpc) is 3.39. The van der Waals surface area contributed by atoms with Crippen LogP contribution in [0.1, 0.15) is 18.4 Å². The molecule has 1 N–H and O–H groups in total. The van der Waals surface area contributed by atoms with E-state index in [0.29, 0.717) is 0 Å². The summed E-state index contributed by atoms with van der Waals surface area (Å²) in [6.07, 6.45) is 7.88. The summed E-state index contributed by atoms with van der Waals surface area (Å²) in [6, 6.07) is 10.2. The lowest BCUT2D eigenvalue weighted by atomic mass is 10.1. The van der Waals surface area contributed by atoms with E-state index in [1.807, 2.05) is 24.5 Å². The lowest BCUT2D eigenvalue weighted by Gasteiger charge is -2.19. The van der Waals surface area contributed by atoms with E-state index < -0.39 is 0 Å². The second-order valence-corrected chi connectivity index (χ2v) is 6.96. The smallest absolute Gasteiger partial charge is 0.132 e. The molecule has 0 bridgehead atoms. The Balaban J connectivity index is 1.62. The lowest BCUT2D eigenvalue weighted by molar-refractivity contribution is 0.928. The summed E-state index contributed by atoms with van der Waals surface area (Å²) < 4.78 is 0. The van der Waals surface area contributed by atoms with Crippen LogP contribution in [-0.4, -0.2) is 38.2 Å². The Morgan fingerprint density at radius 1 is 1.04 bits per heavy atom. The van der Waals surface area contributed by atoms with Crippen LogP contribution in [0.25, 0.3) is 33.5 Å². The van der Waals surface area contributed by atoms with Crippen molar-refractivity contribution in [3.8, 4) is 22.6 Å². The summed E-state index contributed by atoms with van der Waals surface area (Å²) in [7, 11) is 0. The van der Waals surface area contributed by atoms with Crippen molar-refractivity contribution in [1.29, 1.82) is 0 Å². The van der Waals surface area contributed by atoms with Gasteiger partial charge in [-0.3, -0.25) is 15.1 Å². The Hall–Kier alpha value is -3.28. The van der Waals surface area contributed by atoms with Crippen molar-refractivity contribution in [2.45, 2.75) is 19.8 Å². The van der Waals surface area contributed by atoms with Crippen LogP contribution in [0, 0.1) is 6.92 Å². The highest BCUT2D eigenvalue weighted by Gasteiger charge is 2.18. The molecule has 1 aliphatic rings. The fourth-order valence-electron chi connectivity index (χ4n) is 3.68. The van der Waals surface area contributed by atoms with Gasteiger partial charge in [0.2, 0.25) is 0 Å². The molecule has 0 aromatic carbocycles. The standard InChI is InChI=1S/C21H20N6/c1-14-6-7-17(24-21(14)27-9-2-3-10-27)20-16-11-18(15-5-4-8-22-12-15)23-13-19(16)25-26-20/h4-8,11-13H,2-3,9-10H2,1H3,(H,25,26). The van der Waals surface area contributed by atoms with E-state index in [2.05, 4.69) is 50.2 Å². The van der Waals surface area contributed by atoms with Gasteiger partial charge < -0.3 is 4.90 Å². The van der Waals surface area contributed by atoms with Gasteiger partial charge >= 0.3 is 0 Å². The molecule has 0 aliphatic carbocycles. The highest BCUT2D eigenvalue weighted by Crippen LogP contribution is 2.31. The van der Waals surface area contributed by atoms with Crippen molar-refractivity contribution >= 4 is 16.7 Å². The Labute approximate surface area is 157 Å². The highest BCUT2D eigenvalue weighted by atomic mass is 15.2. The first-order valence-electron chi connectivity index (χ1n) is 9.27. The van der Waals surface area contributed by atoms with Crippen LogP contribution in [0.3, 0.4) is 0 Å². The number of hydrogen-bond acceptors (Lipinski definition) is 5. The third-order valence-corrected chi connectivity index (χ3v) is 5.12. The molecule has 0 amide bonds. The highest BCUT2D eigenvalue weighted by molar-refractivity contribution is 5.93. The molecule has 0 atom stereocenters. The van der Waals surface area contributed by atoms with Gasteiger partial charge in [0.25, 0.3) is 0 Å². The van der Waals surface area contributed by atoms with Crippen LogP contribution < -0.4 is 4.90 Å². The van der Waals surface area contributed by atoms with Crippen LogP contribution in [0.2, 0.25) is 0 Å². The van der Waals surface area contributed by atoms with Crippen LogP contribution in [0.5, 0.6) is 0 Å². The van der Waals surface area contributed by atoms with E-state index in [9.17, 15) is 0 Å². The van der Waals surface area contributed by atoms with Gasteiger partial charge in [0.15, 0.2) is 0 Å². The van der Waals surface area contributed by atoms with Crippen molar-refractivity contribution in [2.75, 3.05) is 18.0 Å². The molecule has 6 nitrogen and oxygen atoms in total. The van der Waals surface area contributed by atoms with E-state index >= 15 is 0 Å². The van der Waals surface area contributed by atoms with E-state index in [1.54, 1.807) is 6.20 Å². The monoisotopic (exact) mass is 356 g/mol. The molecular formula is C21H20N6. The van der Waals surface area contributed by atoms with Gasteiger partial charge in [-0.2, -0.15) is 5.10 Å². The fourth-order valence-corrected chi connectivity index (χ4v) is 3.68. The SMILES string of the molecule is Cc1ccc(-c2n[nH]c3cnc(-c4cccnc4)cc23)nc1N1CCCC1. The lowest BCUT2D eigenvalue weighted by Crippen LogP contribution is -2.20. The van der Waals surface area contributed by atoms with Crippen LogP contribution in [-0.2, 0) is 0 Å². The molecule has 0 radical (unpaired) electrons. The number of aryl methyl sites for hydroxylation is 1. The molecule has 134 valence electrons. The van der Waals surface area contributed by atoms with Gasteiger partial charge in [-0.05, 0) is 49.6 Å². The van der Waals surface area contributed by atoms with E-state index in [4.69, 9.17) is 4.98 Å². The summed E-state index contributed by atoms with van der Waals surface area (Å²) in [6.45, 7) is 4.28. The molecule has 27 heavy (non-hydrogen) atoms. The van der Waals surface area contributed by atoms with Crippen LogP contribution in [0.4, 0.5) is 5.82 Å². The summed E-state index contributed by atoms with van der Waals surface area (Å²) >= 11 is 0. The number of anilines is 1. The van der Waals surface area contributed by atoms with Crippen molar-refractivity contribution in [3.05, 3.63) is 54.5 Å². The molecule has 1 aliphatic heterocycles. The zero-order valence-electron chi connectivity index (χ0n) is 15.2. The van der Waals surface area contributed by atoms with Crippen molar-refractivity contribution in [3.63, 3.8) is 0 Å². The second-order valence-electron chi connectivity index (χ2n) is 6.96. The molecule has 0 spiro atoms. The van der Waals surface area contributed by atoms with Gasteiger partial charge in [0.1, 0.15) is 11.5 Å². The van der Waals surface area contributed by atoms with Gasteiger partial charge in [-0.15, -0.1) is 0 Å². The molecule has 6 heteroatoms. The van der Waals surface area contributed by atoms with Gasteiger partial charge in [-0.25, -0.2) is 4.98 Å². The molecule has 0 unspecified atom stereocenters. The number of H-pyrrole nitrogens is 1. The Kier molecular flexibility index (Phi) is 3.81. The van der Waals surface area contributed by atoms with Crippen molar-refractivity contribution in [1.82, 2.24) is 25.1 Å². The number of hydrogen-bond donors (Lipinski definition) is 1. The number of aromatic amines is 1. The topological polar surface area (TPSA) is 70.6 Å². The second kappa shape index (κ2) is 6.46. The summed E-state index contributed by atoms with van der Waals surface area (Å²) in [5.74, 6) is 1.07. The Bertz CT molecular complexity index is 1100. The molecule has 4 aromatic rings. The average molecular weight is 356 g/mol. The first-order valence-corrected chi connectivity index (χ1v) is 9.27. The first-order chi connectivity index (χ1) is 13.3. The summed E-state index contributed by atoms with van der Waals surface area (Å²) in [5, 5.41) is 8.64. The summed E-state index contributed by atoms with van der Waals surface area (Å²) in [4.78, 5) is 16.1. The minimum absolute atomic E-state index is 0.859. The van der Waals surface area contributed by atoms with Crippen LogP contribution >= 0.6 is 0 Å². The number of nitrogens with zero attached hydrogens (tertiary/aromatic N) is 5. The van der Waals surface area contributed by atoms with Crippen molar-refractivity contribution < 1.29 is 0 Å². The Morgan fingerprint density at radius 3 is 2.74 bits per heavy atom. The van der Waals surface area contributed by atoms with Crippen LogP contribution in [0.15, 0.2) is 48.9 Å². The zero-order chi connectivity index (χ0) is 18.2. The minimum Gasteiger partial charge on any atom is -0.356 e. The zero-order valence-corrected chi connectivity index (χ0v) is 15.2. The van der Waals surface area contributed by atoms with Gasteiger partial charge in [0, 0.05) is 36.4 Å². The van der Waals surface area contributed by atoms with Gasteiger partial charge in [-0.1, -0.05) is 6.07 Å². The normalized spacial score (nSPS) is 14.2. The van der Waals surface area contributed by atoms with Crippen molar-refractivity contribution in [2.24, 2.45) is 0 Å². The number of nitrogens with one attached hydrogen (secondary N) is 1. The molecule has 1 saturated heterocycles. The minimum atomic E-state index is 0.859. The fraction of sp³-hybridized carbons (Fsp3) is 0.238. The molecule has 0 saturated carbocycles. The molecule has 1 fully saturated rings. The third kappa shape index (κ3) is 2.83. The quantitative estimate of drug-likeness (QED) is 0.601. The van der Waals surface area contributed by atoms with E-state index in [1.165, 1.54) is 18.4 Å². The predicted octanol–water partition coefficient (Wildman–Crippen LogP) is 3.99. The molecule has 4 aromatic heterocycles. The maximum Gasteiger partial charge on any atom is 0.132 e. The summed E-state index contributed by atoms with van der Waals surface area (Å²) in [5.41, 5.74) is 5.72. The molecule has 5 heterocycles. The largest absolute Gasteiger partial charge is 0.356 e. The Morgan fingerprint density at radius 2 is 1.93 bits per heavy atom. The molecule has 5 rings (SSSR count). The maximum atomic E-state index is 4.96. The van der Waals surface area contributed by atoms with E-state index in [-0.39, 0.29) is 0 Å². The first kappa shape index (κ1) is 15.9. The third-order valence-electron chi connectivity index (χ3n) is 5.12. The number of rotatable bonds is 3. The number of fused-ring (bicyclic) bond motifs is 1. The number of pyridine rings is 3. The maximum absolute atomic E-state index is 4.96. The molecular weight excluding hydrogens is 336 g/mol. The number of aromatic nitrogens is 5. The predicted molar refractivity (Wildman–Crippen MR) is 107 cm³/mol. The van der Waals surface area contributed by atoms with E-state index in [0.717, 1.165) is 52.5 Å². The van der Waals surface area contributed by atoms with Gasteiger partial charge in [0.05, 0.1) is 23.1 Å².